The second-order valence-corrected chi connectivity index (χ2v) is 10.8. The molecule has 1 aromatic heterocycles. The van der Waals surface area contributed by atoms with Crippen LogP contribution in [0.2, 0.25) is 0 Å². The summed E-state index contributed by atoms with van der Waals surface area (Å²) in [5, 5.41) is 9.65. The van der Waals surface area contributed by atoms with Crippen LogP contribution >= 0.6 is 0 Å². The molecular formula is C38H35N3. The standard InChI is InChI=1S/C38H35N3/c1-4-5-12-29-17-22-35(36(26-29)33-24-27(2)23-28(3)25-33)38-40-39-37(41(38)34-15-10-7-11-16-34)32-20-18-31(19-21-32)30-13-8-6-9-14-30/h6-11,13-26H,4-5,12H2,1-3H3. The van der Waals surface area contributed by atoms with Gasteiger partial charge >= 0.3 is 0 Å². The van der Waals surface area contributed by atoms with Crippen LogP contribution in [0.15, 0.2) is 121 Å². The van der Waals surface area contributed by atoms with Gasteiger partial charge in [0.2, 0.25) is 0 Å². The van der Waals surface area contributed by atoms with Crippen LogP contribution in [0.25, 0.3) is 50.7 Å². The van der Waals surface area contributed by atoms with Gasteiger partial charge in [0.15, 0.2) is 11.6 Å². The molecule has 6 aromatic rings. The summed E-state index contributed by atoms with van der Waals surface area (Å²) in [6.07, 6.45) is 3.42. The smallest absolute Gasteiger partial charge is 0.169 e. The molecule has 0 saturated carbocycles. The fraction of sp³-hybridized carbons (Fsp3) is 0.158. The molecule has 41 heavy (non-hydrogen) atoms. The van der Waals surface area contributed by atoms with Gasteiger partial charge in [-0.2, -0.15) is 0 Å². The highest BCUT2D eigenvalue weighted by molar-refractivity contribution is 5.83. The first-order valence-corrected chi connectivity index (χ1v) is 14.5. The molecule has 0 amide bonds. The van der Waals surface area contributed by atoms with E-state index in [1.165, 1.54) is 51.8 Å². The van der Waals surface area contributed by atoms with Crippen LogP contribution in [-0.4, -0.2) is 14.8 Å². The van der Waals surface area contributed by atoms with Crippen LogP contribution in [-0.2, 0) is 6.42 Å². The molecule has 0 radical (unpaired) electrons. The summed E-state index contributed by atoms with van der Waals surface area (Å²) in [6.45, 7) is 6.58. The molecule has 3 nitrogen and oxygen atoms in total. The Kier molecular flexibility index (Phi) is 7.60. The van der Waals surface area contributed by atoms with Crippen molar-refractivity contribution in [2.45, 2.75) is 40.0 Å². The second-order valence-electron chi connectivity index (χ2n) is 10.8. The third kappa shape index (κ3) is 5.62. The molecule has 0 aliphatic carbocycles. The first-order valence-electron chi connectivity index (χ1n) is 14.5. The maximum Gasteiger partial charge on any atom is 0.169 e. The monoisotopic (exact) mass is 533 g/mol. The lowest BCUT2D eigenvalue weighted by Gasteiger charge is -2.16. The van der Waals surface area contributed by atoms with E-state index in [4.69, 9.17) is 10.2 Å². The number of aryl methyl sites for hydroxylation is 3. The van der Waals surface area contributed by atoms with E-state index in [-0.39, 0.29) is 0 Å². The Morgan fingerprint density at radius 2 is 1.15 bits per heavy atom. The Bertz CT molecular complexity index is 1740. The van der Waals surface area contributed by atoms with Gasteiger partial charge in [0.05, 0.1) is 0 Å². The van der Waals surface area contributed by atoms with Crippen molar-refractivity contribution < 1.29 is 0 Å². The van der Waals surface area contributed by atoms with Crippen molar-refractivity contribution in [3.63, 3.8) is 0 Å². The van der Waals surface area contributed by atoms with Gasteiger partial charge in [0.25, 0.3) is 0 Å². The topological polar surface area (TPSA) is 30.7 Å². The second kappa shape index (κ2) is 11.8. The zero-order valence-corrected chi connectivity index (χ0v) is 24.0. The number of nitrogens with zero attached hydrogens (tertiary/aromatic N) is 3. The highest BCUT2D eigenvalue weighted by Gasteiger charge is 2.21. The molecule has 0 N–H and O–H groups in total. The molecule has 5 aromatic carbocycles. The van der Waals surface area contributed by atoms with Gasteiger partial charge in [0, 0.05) is 16.8 Å². The number of hydrogen-bond donors (Lipinski definition) is 0. The van der Waals surface area contributed by atoms with Crippen LogP contribution in [0.4, 0.5) is 0 Å². The largest absolute Gasteiger partial charge is 0.275 e. The van der Waals surface area contributed by atoms with Crippen LogP contribution in [0.1, 0.15) is 36.5 Å². The molecule has 0 spiro atoms. The summed E-state index contributed by atoms with van der Waals surface area (Å²) < 4.78 is 2.20. The molecule has 1 heterocycles. The number of hydrogen-bond acceptors (Lipinski definition) is 2. The van der Waals surface area contributed by atoms with Crippen molar-refractivity contribution in [2.75, 3.05) is 0 Å². The zero-order valence-electron chi connectivity index (χ0n) is 24.0. The molecule has 0 aliphatic heterocycles. The van der Waals surface area contributed by atoms with Gasteiger partial charge in [-0.05, 0) is 66.6 Å². The fourth-order valence-electron chi connectivity index (χ4n) is 5.60. The average molecular weight is 534 g/mol. The number of aromatic nitrogens is 3. The molecule has 0 saturated heterocycles. The molecule has 0 aliphatic rings. The van der Waals surface area contributed by atoms with Gasteiger partial charge in [-0.3, -0.25) is 4.57 Å². The summed E-state index contributed by atoms with van der Waals surface area (Å²) in [5.74, 6) is 1.67. The number of unbranched alkanes of at least 4 members (excludes halogenated alkanes) is 1. The SMILES string of the molecule is CCCCc1ccc(-c2nnc(-c3ccc(-c4ccccc4)cc3)n2-c2ccccc2)c(-c2cc(C)cc(C)c2)c1. The van der Waals surface area contributed by atoms with Crippen molar-refractivity contribution >= 4 is 0 Å². The van der Waals surface area contributed by atoms with E-state index in [0.29, 0.717) is 0 Å². The van der Waals surface area contributed by atoms with Gasteiger partial charge < -0.3 is 0 Å². The minimum atomic E-state index is 0.826. The Morgan fingerprint density at radius 3 is 1.83 bits per heavy atom. The van der Waals surface area contributed by atoms with Gasteiger partial charge in [-0.25, -0.2) is 0 Å². The van der Waals surface area contributed by atoms with Crippen LogP contribution in [0.3, 0.4) is 0 Å². The van der Waals surface area contributed by atoms with Crippen LogP contribution in [0.5, 0.6) is 0 Å². The van der Waals surface area contributed by atoms with Gasteiger partial charge in [-0.1, -0.05) is 134 Å². The molecular weight excluding hydrogens is 498 g/mol. The third-order valence-corrected chi connectivity index (χ3v) is 7.60. The van der Waals surface area contributed by atoms with E-state index >= 15 is 0 Å². The Morgan fingerprint density at radius 1 is 0.537 bits per heavy atom. The Hall–Kier alpha value is -4.76. The number of para-hydroxylation sites is 1. The van der Waals surface area contributed by atoms with Crippen molar-refractivity contribution in [1.82, 2.24) is 14.8 Å². The van der Waals surface area contributed by atoms with Gasteiger partial charge in [-0.15, -0.1) is 10.2 Å². The predicted molar refractivity (Wildman–Crippen MR) is 171 cm³/mol. The molecule has 6 rings (SSSR count). The van der Waals surface area contributed by atoms with Crippen molar-refractivity contribution in [3.05, 3.63) is 138 Å². The lowest BCUT2D eigenvalue weighted by molar-refractivity contribution is 0.795. The maximum atomic E-state index is 4.86. The Balaban J connectivity index is 1.53. The lowest BCUT2D eigenvalue weighted by atomic mass is 9.93. The minimum Gasteiger partial charge on any atom is -0.275 e. The van der Waals surface area contributed by atoms with E-state index in [1.54, 1.807) is 0 Å². The summed E-state index contributed by atoms with van der Waals surface area (Å²) in [6, 6.07) is 43.2. The van der Waals surface area contributed by atoms with Crippen molar-refractivity contribution in [2.24, 2.45) is 0 Å². The van der Waals surface area contributed by atoms with Crippen molar-refractivity contribution in [3.8, 4) is 50.7 Å². The van der Waals surface area contributed by atoms with E-state index in [1.807, 2.05) is 12.1 Å². The molecule has 0 atom stereocenters. The number of rotatable bonds is 8. The molecule has 0 fully saturated rings. The third-order valence-electron chi connectivity index (χ3n) is 7.60. The highest BCUT2D eigenvalue weighted by Crippen LogP contribution is 2.37. The van der Waals surface area contributed by atoms with E-state index in [9.17, 15) is 0 Å². The molecule has 0 bridgehead atoms. The molecule has 0 unspecified atom stereocenters. The highest BCUT2D eigenvalue weighted by atomic mass is 15.3. The average Bonchev–Trinajstić information content (AvgIpc) is 3.45. The minimum absolute atomic E-state index is 0.826. The molecule has 3 heteroatoms. The summed E-state index contributed by atoms with van der Waals surface area (Å²) in [5.41, 5.74) is 11.8. The quantitative estimate of drug-likeness (QED) is 0.195. The Labute approximate surface area is 243 Å². The van der Waals surface area contributed by atoms with E-state index in [2.05, 4.69) is 135 Å². The summed E-state index contributed by atoms with van der Waals surface area (Å²) in [4.78, 5) is 0. The van der Waals surface area contributed by atoms with E-state index in [0.717, 1.165) is 34.9 Å². The van der Waals surface area contributed by atoms with Crippen molar-refractivity contribution in [1.29, 1.82) is 0 Å². The van der Waals surface area contributed by atoms with E-state index < -0.39 is 0 Å². The first-order chi connectivity index (χ1) is 20.1. The molecule has 202 valence electrons. The summed E-state index contributed by atoms with van der Waals surface area (Å²) >= 11 is 0. The first kappa shape index (κ1) is 26.5. The number of benzene rings is 5. The van der Waals surface area contributed by atoms with Crippen LogP contribution in [0, 0.1) is 13.8 Å². The maximum absolute atomic E-state index is 4.86. The zero-order chi connectivity index (χ0) is 28.2. The van der Waals surface area contributed by atoms with Gasteiger partial charge in [0.1, 0.15) is 0 Å². The summed E-state index contributed by atoms with van der Waals surface area (Å²) in [7, 11) is 0. The predicted octanol–water partition coefficient (Wildman–Crippen LogP) is 9.89. The normalized spacial score (nSPS) is 11.1. The van der Waals surface area contributed by atoms with Crippen LogP contribution < -0.4 is 0 Å². The fourth-order valence-corrected chi connectivity index (χ4v) is 5.60. The lowest BCUT2D eigenvalue weighted by Crippen LogP contribution is -2.02.